The SMILES string of the molecule is O=C(O)C1CN(CCOCC(F)(F)F)CCO1. The van der Waals surface area contributed by atoms with Gasteiger partial charge in [-0.3, -0.25) is 4.90 Å². The minimum absolute atomic E-state index is 0.0775. The zero-order valence-corrected chi connectivity index (χ0v) is 9.07. The van der Waals surface area contributed by atoms with Crippen LogP contribution in [0.4, 0.5) is 13.2 Å². The van der Waals surface area contributed by atoms with Crippen LogP contribution >= 0.6 is 0 Å². The summed E-state index contributed by atoms with van der Waals surface area (Å²) in [5.74, 6) is -1.06. The van der Waals surface area contributed by atoms with Gasteiger partial charge in [-0.25, -0.2) is 4.79 Å². The summed E-state index contributed by atoms with van der Waals surface area (Å²) >= 11 is 0. The molecule has 1 aliphatic heterocycles. The number of carbonyl (C=O) groups is 1. The molecule has 1 heterocycles. The van der Waals surface area contributed by atoms with Gasteiger partial charge in [-0.2, -0.15) is 13.2 Å². The van der Waals surface area contributed by atoms with Crippen LogP contribution < -0.4 is 0 Å². The molecule has 0 aromatic heterocycles. The maximum Gasteiger partial charge on any atom is 0.411 e. The molecule has 8 heteroatoms. The Bertz CT molecular complexity index is 259. The smallest absolute Gasteiger partial charge is 0.411 e. The lowest BCUT2D eigenvalue weighted by atomic mass is 10.3. The molecular weight excluding hydrogens is 243 g/mol. The van der Waals surface area contributed by atoms with Crippen LogP contribution in [0.2, 0.25) is 0 Å². The van der Waals surface area contributed by atoms with Gasteiger partial charge >= 0.3 is 12.1 Å². The van der Waals surface area contributed by atoms with Crippen LogP contribution in [0.25, 0.3) is 0 Å². The van der Waals surface area contributed by atoms with E-state index in [-0.39, 0.29) is 26.3 Å². The number of nitrogens with zero attached hydrogens (tertiary/aromatic N) is 1. The quantitative estimate of drug-likeness (QED) is 0.720. The first-order valence-electron chi connectivity index (χ1n) is 5.10. The highest BCUT2D eigenvalue weighted by Gasteiger charge is 2.28. The topological polar surface area (TPSA) is 59.0 Å². The van der Waals surface area contributed by atoms with E-state index in [1.54, 1.807) is 4.90 Å². The number of hydrogen-bond donors (Lipinski definition) is 1. The Morgan fingerprint density at radius 1 is 1.53 bits per heavy atom. The first-order valence-corrected chi connectivity index (χ1v) is 5.10. The molecule has 1 saturated heterocycles. The van der Waals surface area contributed by atoms with Crippen molar-refractivity contribution < 1.29 is 32.5 Å². The second-order valence-electron chi connectivity index (χ2n) is 3.67. The van der Waals surface area contributed by atoms with Gasteiger partial charge in [0.15, 0.2) is 6.10 Å². The Morgan fingerprint density at radius 3 is 2.82 bits per heavy atom. The Kier molecular flexibility index (Phi) is 5.16. The lowest BCUT2D eigenvalue weighted by Crippen LogP contribution is -2.47. The first-order chi connectivity index (χ1) is 7.88. The summed E-state index contributed by atoms with van der Waals surface area (Å²) in [4.78, 5) is 12.3. The van der Waals surface area contributed by atoms with Crippen molar-refractivity contribution >= 4 is 5.97 Å². The number of carboxylic acid groups (broad SMARTS) is 1. The van der Waals surface area contributed by atoms with Crippen molar-refractivity contribution in [2.75, 3.05) is 39.5 Å². The fraction of sp³-hybridized carbons (Fsp3) is 0.889. The Hall–Kier alpha value is -0.860. The average molecular weight is 257 g/mol. The van der Waals surface area contributed by atoms with Gasteiger partial charge < -0.3 is 14.6 Å². The molecule has 1 fully saturated rings. The fourth-order valence-corrected chi connectivity index (χ4v) is 1.44. The Labute approximate surface area is 96.1 Å². The minimum Gasteiger partial charge on any atom is -0.479 e. The molecule has 0 amide bonds. The van der Waals surface area contributed by atoms with Gasteiger partial charge in [-0.1, -0.05) is 0 Å². The van der Waals surface area contributed by atoms with Crippen molar-refractivity contribution in [2.45, 2.75) is 12.3 Å². The third-order valence-electron chi connectivity index (χ3n) is 2.24. The van der Waals surface area contributed by atoms with Crippen LogP contribution in [0, 0.1) is 0 Å². The van der Waals surface area contributed by atoms with Crippen molar-refractivity contribution in [1.29, 1.82) is 0 Å². The van der Waals surface area contributed by atoms with Crippen molar-refractivity contribution in [2.24, 2.45) is 0 Å². The lowest BCUT2D eigenvalue weighted by Gasteiger charge is -2.30. The fourth-order valence-electron chi connectivity index (χ4n) is 1.44. The standard InChI is InChI=1S/C9H14F3NO4/c10-9(11,12)6-16-3-1-13-2-4-17-7(5-13)8(14)15/h7H,1-6H2,(H,14,15). The van der Waals surface area contributed by atoms with Crippen molar-refractivity contribution in [3.63, 3.8) is 0 Å². The summed E-state index contributed by atoms with van der Waals surface area (Å²) in [6.07, 6.45) is -5.24. The average Bonchev–Trinajstić information content (AvgIpc) is 2.23. The van der Waals surface area contributed by atoms with Gasteiger partial charge in [0.1, 0.15) is 6.61 Å². The van der Waals surface area contributed by atoms with Gasteiger partial charge in [-0.05, 0) is 0 Å². The normalized spacial score (nSPS) is 22.6. The predicted molar refractivity (Wildman–Crippen MR) is 50.7 cm³/mol. The second-order valence-corrected chi connectivity index (χ2v) is 3.67. The monoisotopic (exact) mass is 257 g/mol. The number of rotatable bonds is 5. The molecule has 1 N–H and O–H groups in total. The molecule has 0 bridgehead atoms. The van der Waals surface area contributed by atoms with E-state index < -0.39 is 24.9 Å². The molecule has 0 aromatic carbocycles. The number of hydrogen-bond acceptors (Lipinski definition) is 4. The molecule has 0 aromatic rings. The summed E-state index contributed by atoms with van der Waals surface area (Å²) in [5, 5.41) is 8.70. The predicted octanol–water partition coefficient (Wildman–Crippen LogP) is 0.351. The number of aliphatic carboxylic acids is 1. The van der Waals surface area contributed by atoms with Crippen LogP contribution in [-0.2, 0) is 14.3 Å². The number of alkyl halides is 3. The second kappa shape index (κ2) is 6.18. The summed E-state index contributed by atoms with van der Waals surface area (Å²) in [6, 6.07) is 0. The van der Waals surface area contributed by atoms with Gasteiger partial charge in [0.05, 0.1) is 13.2 Å². The summed E-state index contributed by atoms with van der Waals surface area (Å²) < 4.78 is 44.7. The van der Waals surface area contributed by atoms with E-state index in [2.05, 4.69) is 4.74 Å². The van der Waals surface area contributed by atoms with Crippen LogP contribution in [0.3, 0.4) is 0 Å². The van der Waals surface area contributed by atoms with E-state index in [1.165, 1.54) is 0 Å². The molecule has 0 spiro atoms. The molecule has 1 atom stereocenters. The first kappa shape index (κ1) is 14.2. The summed E-state index contributed by atoms with van der Waals surface area (Å²) in [7, 11) is 0. The zero-order chi connectivity index (χ0) is 12.9. The largest absolute Gasteiger partial charge is 0.479 e. The Balaban J connectivity index is 2.17. The third-order valence-corrected chi connectivity index (χ3v) is 2.24. The van der Waals surface area contributed by atoms with Crippen LogP contribution in [0.5, 0.6) is 0 Å². The van der Waals surface area contributed by atoms with Gasteiger partial charge in [0.2, 0.25) is 0 Å². The number of carboxylic acids is 1. The van der Waals surface area contributed by atoms with Crippen molar-refractivity contribution in [3.05, 3.63) is 0 Å². The van der Waals surface area contributed by atoms with E-state index in [0.29, 0.717) is 6.54 Å². The van der Waals surface area contributed by atoms with E-state index in [9.17, 15) is 18.0 Å². The molecule has 17 heavy (non-hydrogen) atoms. The van der Waals surface area contributed by atoms with E-state index in [4.69, 9.17) is 9.84 Å². The van der Waals surface area contributed by atoms with Gasteiger partial charge in [0, 0.05) is 19.6 Å². The van der Waals surface area contributed by atoms with Crippen molar-refractivity contribution in [1.82, 2.24) is 4.90 Å². The lowest BCUT2D eigenvalue weighted by molar-refractivity contribution is -0.175. The molecule has 1 unspecified atom stereocenters. The molecule has 5 nitrogen and oxygen atoms in total. The van der Waals surface area contributed by atoms with Gasteiger partial charge in [0.25, 0.3) is 0 Å². The van der Waals surface area contributed by atoms with Crippen LogP contribution in [0.1, 0.15) is 0 Å². The number of morpholine rings is 1. The maximum atomic E-state index is 11.8. The van der Waals surface area contributed by atoms with E-state index in [1.807, 2.05) is 0 Å². The highest BCUT2D eigenvalue weighted by molar-refractivity contribution is 5.72. The van der Waals surface area contributed by atoms with E-state index in [0.717, 1.165) is 0 Å². The minimum atomic E-state index is -4.32. The molecule has 1 aliphatic rings. The Morgan fingerprint density at radius 2 is 2.24 bits per heavy atom. The highest BCUT2D eigenvalue weighted by Crippen LogP contribution is 2.14. The van der Waals surface area contributed by atoms with Crippen LogP contribution in [0.15, 0.2) is 0 Å². The molecule has 0 aliphatic carbocycles. The molecular formula is C9H14F3NO4. The summed E-state index contributed by atoms with van der Waals surface area (Å²) in [5.41, 5.74) is 0. The van der Waals surface area contributed by atoms with Crippen LogP contribution in [-0.4, -0.2) is 67.7 Å². The zero-order valence-electron chi connectivity index (χ0n) is 9.07. The van der Waals surface area contributed by atoms with E-state index >= 15 is 0 Å². The number of halogens is 3. The highest BCUT2D eigenvalue weighted by atomic mass is 19.4. The third kappa shape index (κ3) is 5.85. The molecule has 100 valence electrons. The van der Waals surface area contributed by atoms with Gasteiger partial charge in [-0.15, -0.1) is 0 Å². The molecule has 0 radical (unpaired) electrons. The molecule has 1 rings (SSSR count). The molecule has 0 saturated carbocycles. The summed E-state index contributed by atoms with van der Waals surface area (Å²) in [6.45, 7) is -0.158. The maximum absolute atomic E-state index is 11.8. The van der Waals surface area contributed by atoms with Crippen molar-refractivity contribution in [3.8, 4) is 0 Å². The number of ether oxygens (including phenoxy) is 2.